The maximum atomic E-state index is 12.7. The third-order valence-electron chi connectivity index (χ3n) is 4.84. The standard InChI is InChI=1S/C19H23NO3S/c1-3-19(4-2)14-17(16-12-8-9-13-18(16)23-19)20-24(21,22)15-10-6-5-7-11-15/h5-13,17,20H,3-4,14H2,1-2H3/t17-/m0/s1. The molecule has 0 saturated heterocycles. The van der Waals surface area contributed by atoms with Crippen LogP contribution in [-0.4, -0.2) is 14.0 Å². The van der Waals surface area contributed by atoms with Crippen molar-refractivity contribution in [2.75, 3.05) is 0 Å². The van der Waals surface area contributed by atoms with Crippen molar-refractivity contribution >= 4 is 10.0 Å². The summed E-state index contributed by atoms with van der Waals surface area (Å²) in [5.41, 5.74) is 0.563. The Morgan fingerprint density at radius 3 is 2.33 bits per heavy atom. The molecule has 1 N–H and O–H groups in total. The lowest BCUT2D eigenvalue weighted by Gasteiger charge is -2.41. The molecule has 0 radical (unpaired) electrons. The fraction of sp³-hybridized carbons (Fsp3) is 0.368. The van der Waals surface area contributed by atoms with E-state index in [9.17, 15) is 8.42 Å². The molecule has 24 heavy (non-hydrogen) atoms. The summed E-state index contributed by atoms with van der Waals surface area (Å²) in [6.07, 6.45) is 2.30. The van der Waals surface area contributed by atoms with E-state index in [1.54, 1.807) is 24.3 Å². The predicted molar refractivity (Wildman–Crippen MR) is 94.5 cm³/mol. The predicted octanol–water partition coefficient (Wildman–Crippen LogP) is 4.05. The van der Waals surface area contributed by atoms with Crippen LogP contribution in [0.2, 0.25) is 0 Å². The number of hydrogen-bond donors (Lipinski definition) is 1. The van der Waals surface area contributed by atoms with Crippen LogP contribution in [0.1, 0.15) is 44.7 Å². The molecule has 0 unspecified atom stereocenters. The van der Waals surface area contributed by atoms with E-state index in [2.05, 4.69) is 18.6 Å². The molecular weight excluding hydrogens is 322 g/mol. The molecule has 0 bridgehead atoms. The normalized spacial score (nSPS) is 19.3. The van der Waals surface area contributed by atoms with Gasteiger partial charge in [-0.15, -0.1) is 0 Å². The molecule has 0 amide bonds. The van der Waals surface area contributed by atoms with Crippen molar-refractivity contribution in [1.82, 2.24) is 4.72 Å². The Labute approximate surface area is 143 Å². The summed E-state index contributed by atoms with van der Waals surface area (Å²) in [7, 11) is -3.57. The second-order valence-corrected chi connectivity index (χ2v) is 7.94. The molecule has 0 saturated carbocycles. The molecule has 3 rings (SSSR count). The molecule has 1 aliphatic heterocycles. The molecule has 0 fully saturated rings. The highest BCUT2D eigenvalue weighted by Crippen LogP contribution is 2.43. The molecule has 2 aromatic rings. The van der Waals surface area contributed by atoms with E-state index in [1.807, 2.05) is 30.3 Å². The maximum Gasteiger partial charge on any atom is 0.241 e. The highest BCUT2D eigenvalue weighted by molar-refractivity contribution is 7.89. The monoisotopic (exact) mass is 345 g/mol. The molecule has 2 aromatic carbocycles. The number of benzene rings is 2. The van der Waals surface area contributed by atoms with Crippen LogP contribution in [0.4, 0.5) is 0 Å². The average molecular weight is 345 g/mol. The van der Waals surface area contributed by atoms with Crippen molar-refractivity contribution in [3.05, 3.63) is 60.2 Å². The summed E-state index contributed by atoms with van der Waals surface area (Å²) < 4.78 is 34.6. The van der Waals surface area contributed by atoms with Crippen molar-refractivity contribution in [2.45, 2.75) is 49.6 Å². The number of fused-ring (bicyclic) bond motifs is 1. The third kappa shape index (κ3) is 3.19. The number of nitrogens with one attached hydrogen (secondary N) is 1. The van der Waals surface area contributed by atoms with Crippen LogP contribution in [0.25, 0.3) is 0 Å². The minimum atomic E-state index is -3.57. The van der Waals surface area contributed by atoms with Crippen LogP contribution in [0.15, 0.2) is 59.5 Å². The Kier molecular flexibility index (Phi) is 4.65. The second-order valence-electron chi connectivity index (χ2n) is 6.22. The van der Waals surface area contributed by atoms with Crippen molar-refractivity contribution < 1.29 is 13.2 Å². The Bertz CT molecular complexity index is 798. The van der Waals surface area contributed by atoms with Crippen molar-refractivity contribution in [3.63, 3.8) is 0 Å². The zero-order chi connectivity index (χ0) is 17.2. The molecule has 0 aromatic heterocycles. The van der Waals surface area contributed by atoms with Crippen LogP contribution in [0.5, 0.6) is 5.75 Å². The quantitative estimate of drug-likeness (QED) is 0.889. The lowest BCUT2D eigenvalue weighted by molar-refractivity contribution is 0.0260. The second kappa shape index (κ2) is 6.57. The van der Waals surface area contributed by atoms with Gasteiger partial charge in [-0.25, -0.2) is 13.1 Å². The fourth-order valence-corrected chi connectivity index (χ4v) is 4.50. The molecule has 0 spiro atoms. The van der Waals surface area contributed by atoms with Crippen LogP contribution in [0, 0.1) is 0 Å². The van der Waals surface area contributed by atoms with Crippen LogP contribution < -0.4 is 9.46 Å². The van der Waals surface area contributed by atoms with Crippen LogP contribution in [-0.2, 0) is 10.0 Å². The van der Waals surface area contributed by atoms with Gasteiger partial charge in [0.1, 0.15) is 11.4 Å². The van der Waals surface area contributed by atoms with Gasteiger partial charge in [-0.3, -0.25) is 0 Å². The van der Waals surface area contributed by atoms with Crippen molar-refractivity contribution in [3.8, 4) is 5.75 Å². The van der Waals surface area contributed by atoms with Crippen molar-refractivity contribution in [1.29, 1.82) is 0 Å². The van der Waals surface area contributed by atoms with E-state index in [0.29, 0.717) is 6.42 Å². The smallest absolute Gasteiger partial charge is 0.241 e. The Morgan fingerprint density at radius 2 is 1.67 bits per heavy atom. The Balaban J connectivity index is 1.97. The van der Waals surface area contributed by atoms with Gasteiger partial charge in [0.15, 0.2) is 0 Å². The number of para-hydroxylation sites is 1. The topological polar surface area (TPSA) is 55.4 Å². The summed E-state index contributed by atoms with van der Waals surface area (Å²) in [6, 6.07) is 15.9. The lowest BCUT2D eigenvalue weighted by atomic mass is 9.84. The highest BCUT2D eigenvalue weighted by atomic mass is 32.2. The molecule has 1 atom stereocenters. The van der Waals surface area contributed by atoms with Crippen LogP contribution >= 0.6 is 0 Å². The van der Waals surface area contributed by atoms with Gasteiger partial charge in [-0.2, -0.15) is 0 Å². The maximum absolute atomic E-state index is 12.7. The molecule has 0 aliphatic carbocycles. The van der Waals surface area contributed by atoms with E-state index in [1.165, 1.54) is 0 Å². The molecule has 1 heterocycles. The summed E-state index contributed by atoms with van der Waals surface area (Å²) in [5.74, 6) is 0.771. The van der Waals surface area contributed by atoms with E-state index in [4.69, 9.17) is 4.74 Å². The number of rotatable bonds is 5. The molecular formula is C19H23NO3S. The first-order chi connectivity index (χ1) is 11.5. The Hall–Kier alpha value is -1.85. The number of hydrogen-bond acceptors (Lipinski definition) is 3. The average Bonchev–Trinajstić information content (AvgIpc) is 2.62. The van der Waals surface area contributed by atoms with E-state index in [0.717, 1.165) is 24.2 Å². The summed E-state index contributed by atoms with van der Waals surface area (Å²) in [4.78, 5) is 0.285. The molecule has 1 aliphatic rings. The minimum absolute atomic E-state index is 0.285. The summed E-state index contributed by atoms with van der Waals surface area (Å²) in [5, 5.41) is 0. The van der Waals surface area contributed by atoms with Gasteiger partial charge in [-0.05, 0) is 31.0 Å². The first kappa shape index (κ1) is 17.0. The van der Waals surface area contributed by atoms with Gasteiger partial charge in [0.25, 0.3) is 0 Å². The van der Waals surface area contributed by atoms with E-state index >= 15 is 0 Å². The molecule has 4 nitrogen and oxygen atoms in total. The summed E-state index contributed by atoms with van der Waals surface area (Å²) in [6.45, 7) is 4.17. The minimum Gasteiger partial charge on any atom is -0.487 e. The van der Waals surface area contributed by atoms with Crippen LogP contribution in [0.3, 0.4) is 0 Å². The van der Waals surface area contributed by atoms with Gasteiger partial charge in [0.2, 0.25) is 10.0 Å². The molecule has 128 valence electrons. The first-order valence-electron chi connectivity index (χ1n) is 8.35. The number of ether oxygens (including phenoxy) is 1. The first-order valence-corrected chi connectivity index (χ1v) is 9.83. The van der Waals surface area contributed by atoms with Gasteiger partial charge in [0.05, 0.1) is 10.9 Å². The van der Waals surface area contributed by atoms with Crippen molar-refractivity contribution in [2.24, 2.45) is 0 Å². The van der Waals surface area contributed by atoms with Gasteiger partial charge >= 0.3 is 0 Å². The lowest BCUT2D eigenvalue weighted by Crippen LogP contribution is -2.44. The van der Waals surface area contributed by atoms with Gasteiger partial charge in [-0.1, -0.05) is 50.2 Å². The van der Waals surface area contributed by atoms with Gasteiger partial charge < -0.3 is 4.74 Å². The van der Waals surface area contributed by atoms with Gasteiger partial charge in [0, 0.05) is 12.0 Å². The largest absolute Gasteiger partial charge is 0.487 e. The fourth-order valence-electron chi connectivity index (χ4n) is 3.26. The van der Waals surface area contributed by atoms with E-state index < -0.39 is 10.0 Å². The zero-order valence-electron chi connectivity index (χ0n) is 14.0. The van der Waals surface area contributed by atoms with E-state index in [-0.39, 0.29) is 16.5 Å². The third-order valence-corrected chi connectivity index (χ3v) is 6.32. The number of sulfonamides is 1. The SMILES string of the molecule is CCC1(CC)C[C@H](NS(=O)(=O)c2ccccc2)c2ccccc2O1. The molecule has 5 heteroatoms. The zero-order valence-corrected chi connectivity index (χ0v) is 14.8. The highest BCUT2D eigenvalue weighted by Gasteiger charge is 2.39. The summed E-state index contributed by atoms with van der Waals surface area (Å²) >= 11 is 0. The Morgan fingerprint density at radius 1 is 1.04 bits per heavy atom.